The number of nitrogens with zero attached hydrogens (tertiary/aromatic N) is 3. The number of carbonyl (C=O) groups excluding carboxylic acids is 2. The summed E-state index contributed by atoms with van der Waals surface area (Å²) in [6.45, 7) is 2.20. The first-order chi connectivity index (χ1) is 14.3. The maximum Gasteiger partial charge on any atom is 0.433 e. The molecule has 0 spiro atoms. The number of thiophene rings is 1. The molecule has 0 bridgehead atoms. The summed E-state index contributed by atoms with van der Waals surface area (Å²) in [6, 6.07) is 0.780. The lowest BCUT2D eigenvalue weighted by Gasteiger charge is -2.10. The van der Waals surface area contributed by atoms with Crippen LogP contribution in [0.5, 0.6) is 0 Å². The Morgan fingerprint density at radius 3 is 2.48 bits per heavy atom. The molecule has 0 radical (unpaired) electrons. The number of carbonyl (C=O) groups is 2. The summed E-state index contributed by atoms with van der Waals surface area (Å²) in [5, 5.41) is 5.83. The van der Waals surface area contributed by atoms with E-state index in [2.05, 4.69) is 15.4 Å². The van der Waals surface area contributed by atoms with Crippen molar-refractivity contribution in [2.45, 2.75) is 33.0 Å². The lowest BCUT2D eigenvalue weighted by molar-refractivity contribution is -0.141. The number of nitrogens with one attached hydrogen (secondary N) is 1. The van der Waals surface area contributed by atoms with Crippen LogP contribution in [0.1, 0.15) is 38.7 Å². The van der Waals surface area contributed by atoms with Crippen molar-refractivity contribution in [1.29, 1.82) is 0 Å². The van der Waals surface area contributed by atoms with Crippen LogP contribution in [-0.4, -0.2) is 26.6 Å². The number of amides is 2. The molecule has 0 aromatic carbocycles. The molecular weight excluding hydrogens is 469 g/mol. The molecule has 3 N–H and O–H groups in total. The fraction of sp³-hybridized carbons (Fsp3) is 0.294. The number of primary amides is 1. The molecule has 7 nitrogen and oxygen atoms in total. The van der Waals surface area contributed by atoms with Crippen molar-refractivity contribution in [2.75, 3.05) is 5.32 Å². The van der Waals surface area contributed by atoms with E-state index >= 15 is 0 Å². The Morgan fingerprint density at radius 1 is 1.32 bits per heavy atom. The summed E-state index contributed by atoms with van der Waals surface area (Å²) < 4.78 is 66.0. The van der Waals surface area contributed by atoms with Gasteiger partial charge in [-0.3, -0.25) is 14.3 Å². The number of anilines is 1. The van der Waals surface area contributed by atoms with Gasteiger partial charge in [-0.1, -0.05) is 11.6 Å². The lowest BCUT2D eigenvalue weighted by Crippen LogP contribution is -2.22. The van der Waals surface area contributed by atoms with Gasteiger partial charge in [-0.25, -0.2) is 13.8 Å². The molecule has 0 atom stereocenters. The zero-order valence-electron chi connectivity index (χ0n) is 15.8. The number of aryl methyl sites for hydroxylation is 1. The molecule has 0 saturated carbocycles. The van der Waals surface area contributed by atoms with Crippen LogP contribution in [-0.2, 0) is 17.5 Å². The topological polar surface area (TPSA) is 103 Å². The molecule has 3 aromatic rings. The third-order valence-electron chi connectivity index (χ3n) is 4.30. The Kier molecular flexibility index (Phi) is 5.93. The third-order valence-corrected chi connectivity index (χ3v) is 5.86. The fourth-order valence-corrected chi connectivity index (χ4v) is 4.15. The van der Waals surface area contributed by atoms with Gasteiger partial charge in [0.2, 0.25) is 5.91 Å². The zero-order chi connectivity index (χ0) is 23.2. The average Bonchev–Trinajstić information content (AvgIpc) is 3.14. The highest BCUT2D eigenvalue weighted by molar-refractivity contribution is 7.21. The second kappa shape index (κ2) is 8.04. The molecule has 3 aromatic heterocycles. The Bertz CT molecular complexity index is 1200. The van der Waals surface area contributed by atoms with Crippen LogP contribution in [0.4, 0.5) is 27.6 Å². The highest BCUT2D eigenvalue weighted by Crippen LogP contribution is 2.39. The number of halogens is 6. The Labute approximate surface area is 180 Å². The van der Waals surface area contributed by atoms with Crippen LogP contribution < -0.4 is 11.1 Å². The summed E-state index contributed by atoms with van der Waals surface area (Å²) in [5.74, 6) is -1.77. The first kappa shape index (κ1) is 22.9. The van der Waals surface area contributed by atoms with Crippen molar-refractivity contribution in [3.63, 3.8) is 0 Å². The first-order valence-electron chi connectivity index (χ1n) is 8.43. The summed E-state index contributed by atoms with van der Waals surface area (Å²) in [6.07, 6.45) is -7.66. The van der Waals surface area contributed by atoms with Gasteiger partial charge < -0.3 is 11.1 Å². The molecule has 0 aliphatic rings. The van der Waals surface area contributed by atoms with Crippen LogP contribution in [0.15, 0.2) is 6.07 Å². The Morgan fingerprint density at radius 2 is 1.97 bits per heavy atom. The van der Waals surface area contributed by atoms with E-state index in [0.29, 0.717) is 11.3 Å². The van der Waals surface area contributed by atoms with Gasteiger partial charge in [-0.15, -0.1) is 11.3 Å². The number of pyridine rings is 1. The predicted octanol–water partition coefficient (Wildman–Crippen LogP) is 4.46. The van der Waals surface area contributed by atoms with E-state index in [1.165, 1.54) is 13.8 Å². The highest BCUT2D eigenvalue weighted by Gasteiger charge is 2.34. The van der Waals surface area contributed by atoms with Gasteiger partial charge in [0.15, 0.2) is 0 Å². The van der Waals surface area contributed by atoms with Crippen LogP contribution in [0.25, 0.3) is 10.2 Å². The minimum Gasteiger partial charge on any atom is -0.365 e. The highest BCUT2D eigenvalue weighted by atomic mass is 35.5. The fourth-order valence-electron chi connectivity index (χ4n) is 2.88. The van der Waals surface area contributed by atoms with Crippen LogP contribution in [0.2, 0.25) is 5.02 Å². The van der Waals surface area contributed by atoms with Crippen molar-refractivity contribution in [2.24, 2.45) is 5.73 Å². The number of aromatic nitrogens is 3. The lowest BCUT2D eigenvalue weighted by atomic mass is 10.1. The summed E-state index contributed by atoms with van der Waals surface area (Å²) in [4.78, 5) is 27.5. The molecule has 3 rings (SSSR count). The van der Waals surface area contributed by atoms with Crippen LogP contribution in [0, 0.1) is 13.8 Å². The average molecular weight is 482 g/mol. The van der Waals surface area contributed by atoms with Gasteiger partial charge in [-0.05, 0) is 25.5 Å². The SMILES string of the molecule is Cc1cc(C(F)(F)F)nc2sc(C(N)=O)c(NC(=O)Cn3nc(C(F)F)c(Cl)c3C)c12. The monoisotopic (exact) mass is 481 g/mol. The Hall–Kier alpha value is -2.80. The normalized spacial score (nSPS) is 12.0. The minimum atomic E-state index is -4.71. The number of hydrogen-bond acceptors (Lipinski definition) is 5. The number of hydrogen-bond donors (Lipinski definition) is 2. The molecule has 0 fully saturated rings. The molecular formula is C17H13ClF5N5O2S. The van der Waals surface area contributed by atoms with Crippen molar-refractivity contribution < 1.29 is 31.5 Å². The summed E-state index contributed by atoms with van der Waals surface area (Å²) in [5.41, 5.74) is 3.58. The summed E-state index contributed by atoms with van der Waals surface area (Å²) >= 11 is 6.39. The van der Waals surface area contributed by atoms with E-state index in [1.807, 2.05) is 0 Å². The molecule has 0 aliphatic carbocycles. The maximum atomic E-state index is 13.1. The molecule has 14 heteroatoms. The minimum absolute atomic E-state index is 0.106. The van der Waals surface area contributed by atoms with Crippen molar-refractivity contribution in [1.82, 2.24) is 14.8 Å². The first-order valence-corrected chi connectivity index (χ1v) is 9.62. The molecule has 31 heavy (non-hydrogen) atoms. The molecule has 0 saturated heterocycles. The summed E-state index contributed by atoms with van der Waals surface area (Å²) in [7, 11) is 0. The zero-order valence-corrected chi connectivity index (χ0v) is 17.3. The smallest absolute Gasteiger partial charge is 0.365 e. The van der Waals surface area contributed by atoms with E-state index in [9.17, 15) is 31.5 Å². The van der Waals surface area contributed by atoms with E-state index < -0.39 is 42.3 Å². The van der Waals surface area contributed by atoms with Gasteiger partial charge in [-0.2, -0.15) is 18.3 Å². The van der Waals surface area contributed by atoms with E-state index in [1.54, 1.807) is 0 Å². The number of fused-ring (bicyclic) bond motifs is 1. The second-order valence-electron chi connectivity index (χ2n) is 6.46. The third kappa shape index (κ3) is 4.32. The second-order valence-corrected chi connectivity index (χ2v) is 7.84. The molecule has 3 heterocycles. The van der Waals surface area contributed by atoms with E-state index in [0.717, 1.165) is 10.7 Å². The van der Waals surface area contributed by atoms with Crippen LogP contribution >= 0.6 is 22.9 Å². The Balaban J connectivity index is 2.01. The van der Waals surface area contributed by atoms with Crippen molar-refractivity contribution in [3.05, 3.63) is 38.6 Å². The standard InChI is InChI=1S/C17H13ClF5N5O2S/c1-5-3-7(17(21,22)23)25-16-9(5)11(13(31-16)15(24)30)26-8(29)4-28-6(2)10(18)12(27-28)14(19)20/h3,14H,4H2,1-2H3,(H2,24,30)(H,26,29). The van der Waals surface area contributed by atoms with Gasteiger partial charge in [0.1, 0.15) is 27.6 Å². The van der Waals surface area contributed by atoms with Gasteiger partial charge in [0.05, 0.1) is 16.4 Å². The maximum absolute atomic E-state index is 13.1. The van der Waals surface area contributed by atoms with Crippen molar-refractivity contribution >= 4 is 50.7 Å². The van der Waals surface area contributed by atoms with E-state index in [4.69, 9.17) is 17.3 Å². The number of alkyl halides is 5. The number of nitrogens with two attached hydrogens (primary N) is 1. The molecule has 0 unspecified atom stereocenters. The predicted molar refractivity (Wildman–Crippen MR) is 103 cm³/mol. The van der Waals surface area contributed by atoms with Crippen LogP contribution in [0.3, 0.4) is 0 Å². The van der Waals surface area contributed by atoms with Gasteiger partial charge in [0.25, 0.3) is 12.3 Å². The molecule has 166 valence electrons. The quantitative estimate of drug-likeness (QED) is 0.525. The number of rotatable bonds is 5. The van der Waals surface area contributed by atoms with Gasteiger partial charge >= 0.3 is 6.18 Å². The largest absolute Gasteiger partial charge is 0.433 e. The van der Waals surface area contributed by atoms with Crippen molar-refractivity contribution in [3.8, 4) is 0 Å². The van der Waals surface area contributed by atoms with Gasteiger partial charge in [0, 0.05) is 5.39 Å². The molecule has 2 amide bonds. The molecule has 0 aliphatic heterocycles. The van der Waals surface area contributed by atoms with E-state index in [-0.39, 0.29) is 37.1 Å².